The Balaban J connectivity index is 2.19. The first-order valence-electron chi connectivity index (χ1n) is 5.81. The fraction of sp³-hybridized carbons (Fsp3) is 0.250. The van der Waals surface area contributed by atoms with Crippen LogP contribution in [0.3, 0.4) is 0 Å². The Morgan fingerprint density at radius 3 is 2.70 bits per heavy atom. The molecule has 2 rings (SSSR count). The van der Waals surface area contributed by atoms with Crippen molar-refractivity contribution in [3.05, 3.63) is 23.8 Å². The van der Waals surface area contributed by atoms with Gasteiger partial charge in [0.25, 0.3) is 5.91 Å². The molecule has 0 aliphatic heterocycles. The summed E-state index contributed by atoms with van der Waals surface area (Å²) >= 11 is 2.93. The van der Waals surface area contributed by atoms with Gasteiger partial charge in [0.05, 0.1) is 0 Å². The molecule has 0 aliphatic rings. The minimum atomic E-state index is -0.154. The summed E-state index contributed by atoms with van der Waals surface area (Å²) in [5, 5.41) is 11.6. The van der Waals surface area contributed by atoms with Crippen molar-refractivity contribution < 1.29 is 4.79 Å². The van der Waals surface area contributed by atoms with E-state index in [0.29, 0.717) is 11.3 Å². The Labute approximate surface area is 125 Å². The molecule has 0 radical (unpaired) electrons. The van der Waals surface area contributed by atoms with Crippen molar-refractivity contribution >= 4 is 39.8 Å². The molecule has 6 nitrogen and oxygen atoms in total. The van der Waals surface area contributed by atoms with Gasteiger partial charge in [-0.1, -0.05) is 23.1 Å². The summed E-state index contributed by atoms with van der Waals surface area (Å²) in [4.78, 5) is 14.3. The fourth-order valence-corrected chi connectivity index (χ4v) is 3.19. The second-order valence-corrected chi connectivity index (χ2v) is 6.42. The molecule has 0 atom stereocenters. The Hall–Kier alpha value is -1.80. The number of hydrogen-bond donors (Lipinski definition) is 2. The lowest BCUT2D eigenvalue weighted by molar-refractivity contribution is 0.0963. The minimum Gasteiger partial charge on any atom is -0.398 e. The average molecular weight is 309 g/mol. The third-order valence-electron chi connectivity index (χ3n) is 2.47. The Bertz CT molecular complexity index is 626. The zero-order valence-corrected chi connectivity index (χ0v) is 13.0. The number of nitrogens with two attached hydrogens (primary N) is 1. The van der Waals surface area contributed by atoms with E-state index >= 15 is 0 Å². The molecule has 0 saturated heterocycles. The number of benzene rings is 1. The second-order valence-electron chi connectivity index (χ2n) is 4.18. The van der Waals surface area contributed by atoms with Gasteiger partial charge in [-0.25, -0.2) is 0 Å². The van der Waals surface area contributed by atoms with E-state index in [2.05, 4.69) is 15.5 Å². The van der Waals surface area contributed by atoms with Crippen LogP contribution in [0, 0.1) is 0 Å². The molecule has 3 N–H and O–H groups in total. The highest BCUT2D eigenvalue weighted by Crippen LogP contribution is 2.35. The van der Waals surface area contributed by atoms with Crippen LogP contribution in [-0.4, -0.2) is 37.2 Å². The van der Waals surface area contributed by atoms with Crippen molar-refractivity contribution in [2.75, 3.05) is 31.8 Å². The molecule has 0 aliphatic carbocycles. The van der Waals surface area contributed by atoms with Crippen molar-refractivity contribution in [2.45, 2.75) is 9.24 Å². The van der Waals surface area contributed by atoms with E-state index in [1.807, 2.05) is 25.1 Å². The summed E-state index contributed by atoms with van der Waals surface area (Å²) in [5.41, 5.74) is 7.07. The van der Waals surface area contributed by atoms with Crippen LogP contribution in [0.2, 0.25) is 0 Å². The van der Waals surface area contributed by atoms with Gasteiger partial charge >= 0.3 is 0 Å². The van der Waals surface area contributed by atoms with Crippen LogP contribution in [0.25, 0.3) is 0 Å². The van der Waals surface area contributed by atoms with Crippen LogP contribution in [0.5, 0.6) is 0 Å². The van der Waals surface area contributed by atoms with E-state index in [9.17, 15) is 4.79 Å². The lowest BCUT2D eigenvalue weighted by Gasteiger charge is -2.06. The fourth-order valence-electron chi connectivity index (χ4n) is 1.45. The molecular formula is C12H15N5OS2. The second kappa shape index (κ2) is 6.10. The van der Waals surface area contributed by atoms with E-state index in [1.165, 1.54) is 23.1 Å². The van der Waals surface area contributed by atoms with Crippen molar-refractivity contribution in [3.63, 3.8) is 0 Å². The molecule has 106 valence electrons. The third kappa shape index (κ3) is 3.20. The number of carbonyl (C=O) groups is 1. The van der Waals surface area contributed by atoms with Gasteiger partial charge in [-0.3, -0.25) is 4.79 Å². The number of amides is 1. The van der Waals surface area contributed by atoms with Gasteiger partial charge in [-0.05, 0) is 18.2 Å². The van der Waals surface area contributed by atoms with E-state index in [0.717, 1.165) is 14.4 Å². The zero-order valence-electron chi connectivity index (χ0n) is 11.4. The van der Waals surface area contributed by atoms with Gasteiger partial charge in [0.1, 0.15) is 0 Å². The van der Waals surface area contributed by atoms with E-state index < -0.39 is 0 Å². The number of hydrogen-bond acceptors (Lipinski definition) is 7. The number of anilines is 2. The van der Waals surface area contributed by atoms with E-state index in [4.69, 9.17) is 5.73 Å². The third-order valence-corrected chi connectivity index (χ3v) is 4.71. The van der Waals surface area contributed by atoms with Crippen LogP contribution in [-0.2, 0) is 0 Å². The van der Waals surface area contributed by atoms with Gasteiger partial charge in [0.2, 0.25) is 5.13 Å². The molecule has 1 amide bonds. The topological polar surface area (TPSA) is 84.1 Å². The smallest absolute Gasteiger partial charge is 0.251 e. The lowest BCUT2D eigenvalue weighted by atomic mass is 10.2. The van der Waals surface area contributed by atoms with Crippen molar-refractivity contribution in [3.8, 4) is 0 Å². The molecule has 1 heterocycles. The Morgan fingerprint density at radius 2 is 2.15 bits per heavy atom. The van der Waals surface area contributed by atoms with Gasteiger partial charge in [-0.2, -0.15) is 0 Å². The highest BCUT2D eigenvalue weighted by molar-refractivity contribution is 8.01. The molecule has 0 fully saturated rings. The van der Waals surface area contributed by atoms with Crippen LogP contribution in [0.15, 0.2) is 27.4 Å². The standard InChI is InChI=1S/C12H15N5OS2/c1-14-10(18)7-4-5-9(8(13)6-7)19-12-16-15-11(20-12)17(2)3/h4-6H,13H2,1-3H3,(H,14,18). The van der Waals surface area contributed by atoms with Crippen molar-refractivity contribution in [1.29, 1.82) is 0 Å². The van der Waals surface area contributed by atoms with Gasteiger partial charge < -0.3 is 16.0 Å². The monoisotopic (exact) mass is 309 g/mol. The van der Waals surface area contributed by atoms with Crippen molar-refractivity contribution in [2.24, 2.45) is 0 Å². The normalized spacial score (nSPS) is 10.3. The maximum absolute atomic E-state index is 11.5. The van der Waals surface area contributed by atoms with E-state index in [1.54, 1.807) is 19.2 Å². The average Bonchev–Trinajstić information content (AvgIpc) is 2.89. The molecule has 1 aromatic heterocycles. The number of rotatable bonds is 4. The Morgan fingerprint density at radius 1 is 1.40 bits per heavy atom. The predicted octanol–water partition coefficient (Wildman–Crippen LogP) is 1.70. The van der Waals surface area contributed by atoms with Crippen molar-refractivity contribution in [1.82, 2.24) is 15.5 Å². The van der Waals surface area contributed by atoms with Crippen LogP contribution < -0.4 is 16.0 Å². The molecule has 2 aromatic rings. The molecule has 1 aromatic carbocycles. The molecule has 8 heteroatoms. The van der Waals surface area contributed by atoms with Crippen LogP contribution >= 0.6 is 23.1 Å². The van der Waals surface area contributed by atoms with Gasteiger partial charge in [-0.15, -0.1) is 10.2 Å². The first kappa shape index (κ1) is 14.6. The molecular weight excluding hydrogens is 294 g/mol. The highest BCUT2D eigenvalue weighted by Gasteiger charge is 2.11. The molecule has 20 heavy (non-hydrogen) atoms. The maximum Gasteiger partial charge on any atom is 0.251 e. The quantitative estimate of drug-likeness (QED) is 0.836. The van der Waals surface area contributed by atoms with Crippen LogP contribution in [0.1, 0.15) is 10.4 Å². The van der Waals surface area contributed by atoms with Gasteiger partial charge in [0.15, 0.2) is 4.34 Å². The molecule has 0 saturated carbocycles. The highest BCUT2D eigenvalue weighted by atomic mass is 32.2. The number of nitrogen functional groups attached to an aromatic ring is 1. The zero-order chi connectivity index (χ0) is 14.7. The maximum atomic E-state index is 11.5. The summed E-state index contributed by atoms with van der Waals surface area (Å²) < 4.78 is 0.813. The summed E-state index contributed by atoms with van der Waals surface area (Å²) in [6.45, 7) is 0. The SMILES string of the molecule is CNC(=O)c1ccc(Sc2nnc(N(C)C)s2)c(N)c1. The first-order chi connectivity index (χ1) is 9.51. The molecule has 0 unspecified atom stereocenters. The molecule has 0 bridgehead atoms. The lowest BCUT2D eigenvalue weighted by Crippen LogP contribution is -2.17. The van der Waals surface area contributed by atoms with E-state index in [-0.39, 0.29) is 5.91 Å². The summed E-state index contributed by atoms with van der Waals surface area (Å²) in [6.07, 6.45) is 0. The summed E-state index contributed by atoms with van der Waals surface area (Å²) in [6, 6.07) is 5.22. The summed E-state index contributed by atoms with van der Waals surface area (Å²) in [5.74, 6) is -0.154. The summed E-state index contributed by atoms with van der Waals surface area (Å²) in [7, 11) is 5.42. The predicted molar refractivity (Wildman–Crippen MR) is 82.6 cm³/mol. The number of carbonyl (C=O) groups excluding carboxylic acids is 1. The van der Waals surface area contributed by atoms with Crippen LogP contribution in [0.4, 0.5) is 10.8 Å². The minimum absolute atomic E-state index is 0.154. The van der Waals surface area contributed by atoms with Gasteiger partial charge in [0, 0.05) is 37.3 Å². The Kier molecular flexibility index (Phi) is 4.46. The number of nitrogens with one attached hydrogen (secondary N) is 1. The first-order valence-corrected chi connectivity index (χ1v) is 7.45. The molecule has 0 spiro atoms. The number of aromatic nitrogens is 2. The largest absolute Gasteiger partial charge is 0.398 e. The number of nitrogens with zero attached hydrogens (tertiary/aromatic N) is 3.